The molecule has 3 nitrogen and oxygen atoms in total. The lowest BCUT2D eigenvalue weighted by molar-refractivity contribution is 0.0962. The number of benzene rings is 1. The Labute approximate surface area is 153 Å². The van der Waals surface area contributed by atoms with Crippen LogP contribution in [0.15, 0.2) is 24.3 Å². The molecule has 136 valence electrons. The molecule has 0 aromatic heterocycles. The molecular weight excluding hydrogens is 322 g/mol. The first-order valence-electron chi connectivity index (χ1n) is 9.28. The smallest absolute Gasteiger partial charge is 0.164 e. The van der Waals surface area contributed by atoms with Crippen LogP contribution in [-0.4, -0.2) is 36.9 Å². The van der Waals surface area contributed by atoms with Crippen molar-refractivity contribution in [3.05, 3.63) is 29.8 Å². The van der Waals surface area contributed by atoms with E-state index in [1.807, 2.05) is 24.3 Å². The highest BCUT2D eigenvalue weighted by Gasteiger charge is 2.11. The van der Waals surface area contributed by atoms with Gasteiger partial charge in [-0.05, 0) is 56.6 Å². The molecule has 1 fully saturated rings. The van der Waals surface area contributed by atoms with Crippen LogP contribution in [0.1, 0.15) is 68.6 Å². The number of likely N-dealkylation sites (tertiary alicyclic amines) is 1. The van der Waals surface area contributed by atoms with Crippen molar-refractivity contribution >= 4 is 18.2 Å². The minimum absolute atomic E-state index is 0. The van der Waals surface area contributed by atoms with Crippen molar-refractivity contribution in [3.8, 4) is 5.75 Å². The summed E-state index contributed by atoms with van der Waals surface area (Å²) in [6.45, 7) is 6.10. The van der Waals surface area contributed by atoms with Crippen LogP contribution in [0.4, 0.5) is 0 Å². The molecule has 0 atom stereocenters. The molecule has 24 heavy (non-hydrogen) atoms. The van der Waals surface area contributed by atoms with E-state index in [0.717, 1.165) is 50.4 Å². The molecule has 1 heterocycles. The van der Waals surface area contributed by atoms with Crippen LogP contribution >= 0.6 is 12.4 Å². The first-order valence-corrected chi connectivity index (χ1v) is 9.28. The van der Waals surface area contributed by atoms with Crippen LogP contribution in [0.25, 0.3) is 0 Å². The van der Waals surface area contributed by atoms with E-state index in [2.05, 4.69) is 11.8 Å². The molecule has 1 aliphatic rings. The third-order valence-corrected chi connectivity index (χ3v) is 4.55. The van der Waals surface area contributed by atoms with E-state index in [4.69, 9.17) is 4.74 Å². The Morgan fingerprint density at radius 2 is 1.67 bits per heavy atom. The Balaban J connectivity index is 0.00000288. The molecule has 1 saturated heterocycles. The van der Waals surface area contributed by atoms with Crippen molar-refractivity contribution in [2.75, 3.05) is 26.2 Å². The van der Waals surface area contributed by atoms with Crippen molar-refractivity contribution in [1.29, 1.82) is 0 Å². The summed E-state index contributed by atoms with van der Waals surface area (Å²) in [6, 6.07) is 7.63. The summed E-state index contributed by atoms with van der Waals surface area (Å²) in [6.07, 6.45) is 9.42. The number of unbranched alkanes of at least 4 members (excludes halogenated alkanes) is 1. The summed E-state index contributed by atoms with van der Waals surface area (Å²) >= 11 is 0. The van der Waals surface area contributed by atoms with Crippen molar-refractivity contribution < 1.29 is 9.53 Å². The van der Waals surface area contributed by atoms with Crippen LogP contribution in [0.3, 0.4) is 0 Å². The second-order valence-corrected chi connectivity index (χ2v) is 6.51. The van der Waals surface area contributed by atoms with Gasteiger partial charge in [-0.1, -0.05) is 32.6 Å². The van der Waals surface area contributed by atoms with Crippen LogP contribution in [0.5, 0.6) is 5.75 Å². The number of hydrogen-bond acceptors (Lipinski definition) is 3. The van der Waals surface area contributed by atoms with Gasteiger partial charge in [-0.3, -0.25) is 4.79 Å². The normalized spacial score (nSPS) is 15.9. The lowest BCUT2D eigenvalue weighted by Gasteiger charge is -2.24. The van der Waals surface area contributed by atoms with Gasteiger partial charge >= 0.3 is 0 Å². The highest BCUT2D eigenvalue weighted by atomic mass is 35.5. The Kier molecular flexibility index (Phi) is 10.8. The third kappa shape index (κ3) is 7.67. The Morgan fingerprint density at radius 3 is 2.29 bits per heavy atom. The number of halogens is 1. The predicted molar refractivity (Wildman–Crippen MR) is 103 cm³/mol. The largest absolute Gasteiger partial charge is 0.494 e. The molecule has 2 rings (SSSR count). The van der Waals surface area contributed by atoms with E-state index in [9.17, 15) is 4.79 Å². The molecule has 1 aromatic carbocycles. The fraction of sp³-hybridized carbons (Fsp3) is 0.650. The monoisotopic (exact) mass is 353 g/mol. The van der Waals surface area contributed by atoms with Crippen LogP contribution in [-0.2, 0) is 0 Å². The van der Waals surface area contributed by atoms with Gasteiger partial charge in [0.25, 0.3) is 0 Å². The maximum Gasteiger partial charge on any atom is 0.164 e. The van der Waals surface area contributed by atoms with Gasteiger partial charge < -0.3 is 9.64 Å². The van der Waals surface area contributed by atoms with Crippen LogP contribution < -0.4 is 4.74 Å². The van der Waals surface area contributed by atoms with Gasteiger partial charge in [0.1, 0.15) is 5.75 Å². The number of nitrogens with zero attached hydrogens (tertiary/aromatic N) is 1. The van der Waals surface area contributed by atoms with Crippen molar-refractivity contribution in [2.24, 2.45) is 0 Å². The molecule has 0 amide bonds. The van der Waals surface area contributed by atoms with E-state index in [-0.39, 0.29) is 18.2 Å². The average Bonchev–Trinajstić information content (AvgIpc) is 2.54. The maximum absolute atomic E-state index is 12.3. The van der Waals surface area contributed by atoms with E-state index in [1.54, 1.807) is 0 Å². The van der Waals surface area contributed by atoms with Gasteiger partial charge in [-0.15, -0.1) is 12.4 Å². The number of carbonyl (C=O) groups excluding carboxylic acids is 1. The molecule has 0 radical (unpaired) electrons. The minimum atomic E-state index is 0. The first-order chi connectivity index (χ1) is 11.3. The Hall–Kier alpha value is -1.06. The Morgan fingerprint density at radius 1 is 1.04 bits per heavy atom. The zero-order valence-electron chi connectivity index (χ0n) is 15.0. The molecule has 0 spiro atoms. The lowest BCUT2D eigenvalue weighted by Crippen LogP contribution is -2.29. The average molecular weight is 354 g/mol. The van der Waals surface area contributed by atoms with E-state index >= 15 is 0 Å². The molecule has 0 saturated carbocycles. The second kappa shape index (κ2) is 12.3. The summed E-state index contributed by atoms with van der Waals surface area (Å²) in [5.74, 6) is 1.10. The zero-order chi connectivity index (χ0) is 16.3. The lowest BCUT2D eigenvalue weighted by atomic mass is 10.1. The second-order valence-electron chi connectivity index (χ2n) is 6.51. The number of hydrogen-bond donors (Lipinski definition) is 0. The van der Waals surface area contributed by atoms with Gasteiger partial charge in [-0.25, -0.2) is 0 Å². The fourth-order valence-electron chi connectivity index (χ4n) is 3.01. The molecule has 0 unspecified atom stereocenters. The topological polar surface area (TPSA) is 29.5 Å². The molecule has 4 heteroatoms. The number of carbonyl (C=O) groups is 1. The van der Waals surface area contributed by atoms with E-state index in [0.29, 0.717) is 6.42 Å². The van der Waals surface area contributed by atoms with E-state index in [1.165, 1.54) is 32.1 Å². The van der Waals surface area contributed by atoms with Gasteiger partial charge in [0.2, 0.25) is 0 Å². The SMILES string of the molecule is CCCCOc1ccc(C(=O)CCN2CCCCCCC2)cc1.Cl. The molecular formula is C20H32ClNO2. The molecule has 0 N–H and O–H groups in total. The molecule has 1 aliphatic heterocycles. The van der Waals surface area contributed by atoms with Gasteiger partial charge in [-0.2, -0.15) is 0 Å². The summed E-state index contributed by atoms with van der Waals surface area (Å²) < 4.78 is 5.64. The highest BCUT2D eigenvalue weighted by Crippen LogP contribution is 2.15. The third-order valence-electron chi connectivity index (χ3n) is 4.55. The maximum atomic E-state index is 12.3. The van der Waals surface area contributed by atoms with Crippen LogP contribution in [0.2, 0.25) is 0 Å². The minimum Gasteiger partial charge on any atom is -0.494 e. The molecule has 1 aromatic rings. The quantitative estimate of drug-likeness (QED) is 0.479. The number of ether oxygens (including phenoxy) is 1. The van der Waals surface area contributed by atoms with E-state index < -0.39 is 0 Å². The van der Waals surface area contributed by atoms with Crippen molar-refractivity contribution in [3.63, 3.8) is 0 Å². The summed E-state index contributed by atoms with van der Waals surface area (Å²) in [5.41, 5.74) is 0.805. The van der Waals surface area contributed by atoms with Gasteiger partial charge in [0.05, 0.1) is 6.61 Å². The van der Waals surface area contributed by atoms with Gasteiger partial charge in [0.15, 0.2) is 5.78 Å². The van der Waals surface area contributed by atoms with Gasteiger partial charge in [0, 0.05) is 18.5 Å². The number of ketones is 1. The molecule has 0 aliphatic carbocycles. The predicted octanol–water partition coefficient (Wildman–Crippen LogP) is 5.13. The number of Topliss-reactive ketones (excluding diaryl/α,β-unsaturated/α-hetero) is 1. The molecule has 0 bridgehead atoms. The summed E-state index contributed by atoms with van der Waals surface area (Å²) in [7, 11) is 0. The fourth-order valence-corrected chi connectivity index (χ4v) is 3.01. The summed E-state index contributed by atoms with van der Waals surface area (Å²) in [4.78, 5) is 14.8. The van der Waals surface area contributed by atoms with Crippen molar-refractivity contribution in [2.45, 2.75) is 58.3 Å². The summed E-state index contributed by atoms with van der Waals surface area (Å²) in [5, 5.41) is 0. The zero-order valence-corrected chi connectivity index (χ0v) is 15.8. The van der Waals surface area contributed by atoms with Crippen molar-refractivity contribution in [1.82, 2.24) is 4.90 Å². The number of rotatable bonds is 8. The van der Waals surface area contributed by atoms with Crippen LogP contribution in [0, 0.1) is 0 Å². The highest BCUT2D eigenvalue weighted by molar-refractivity contribution is 5.96. The standard InChI is InChI=1S/C20H31NO2.ClH/c1-2-3-17-23-19-11-9-18(10-12-19)20(22)13-16-21-14-7-5-4-6-8-15-21;/h9-12H,2-8,13-17H2,1H3;1H. The Bertz CT molecular complexity index is 453. The first kappa shape index (κ1) is 21.0.